The molecule has 0 saturated carbocycles. The van der Waals surface area contributed by atoms with E-state index in [4.69, 9.17) is 4.74 Å². The highest BCUT2D eigenvalue weighted by Gasteiger charge is 2.07. The minimum Gasteiger partial charge on any atom is -0.497 e. The Kier molecular flexibility index (Phi) is 4.24. The summed E-state index contributed by atoms with van der Waals surface area (Å²) in [6.07, 6.45) is 1.87. The molecule has 0 bridgehead atoms. The first-order valence-corrected chi connectivity index (χ1v) is 8.03. The van der Waals surface area contributed by atoms with Gasteiger partial charge in [0.25, 0.3) is 0 Å². The van der Waals surface area contributed by atoms with Crippen LogP contribution in [0.2, 0.25) is 0 Å². The van der Waals surface area contributed by atoms with Crippen LogP contribution in [0.15, 0.2) is 48.8 Å². The van der Waals surface area contributed by atoms with Crippen molar-refractivity contribution in [2.24, 2.45) is 0 Å². The van der Waals surface area contributed by atoms with Crippen LogP contribution >= 0.6 is 11.9 Å². The van der Waals surface area contributed by atoms with Gasteiger partial charge in [0.15, 0.2) is 0 Å². The molecule has 0 aliphatic rings. The molecule has 0 saturated heterocycles. The number of imidazole rings is 1. The predicted octanol–water partition coefficient (Wildman–Crippen LogP) is 3.81. The quantitative estimate of drug-likeness (QED) is 0.716. The molecule has 0 amide bonds. The fourth-order valence-corrected chi connectivity index (χ4v) is 3.34. The number of nitrogens with zero attached hydrogens (tertiary/aromatic N) is 3. The predicted molar refractivity (Wildman–Crippen MR) is 93.7 cm³/mol. The Balaban J connectivity index is 1.83. The van der Waals surface area contributed by atoms with E-state index >= 15 is 0 Å². The fourth-order valence-electron chi connectivity index (χ4n) is 2.41. The summed E-state index contributed by atoms with van der Waals surface area (Å²) in [4.78, 5) is 6.59. The van der Waals surface area contributed by atoms with E-state index in [1.807, 2.05) is 24.5 Å². The summed E-state index contributed by atoms with van der Waals surface area (Å²) in [5.74, 6) is 1.73. The van der Waals surface area contributed by atoms with E-state index in [1.165, 1.54) is 11.3 Å². The normalized spacial score (nSPS) is 10.9. The van der Waals surface area contributed by atoms with Crippen molar-refractivity contribution in [1.29, 1.82) is 0 Å². The summed E-state index contributed by atoms with van der Waals surface area (Å²) in [7, 11) is 5.82. The number of rotatable bonds is 5. The number of hydrogen-bond acceptors (Lipinski definition) is 4. The number of ether oxygens (including phenoxy) is 1. The van der Waals surface area contributed by atoms with Crippen molar-refractivity contribution in [3.8, 4) is 5.75 Å². The van der Waals surface area contributed by atoms with E-state index in [0.717, 1.165) is 22.5 Å². The summed E-state index contributed by atoms with van der Waals surface area (Å²) < 4.78 is 7.35. The summed E-state index contributed by atoms with van der Waals surface area (Å²) in [5, 5.41) is 0. The van der Waals surface area contributed by atoms with Gasteiger partial charge in [0.2, 0.25) is 0 Å². The molecular formula is C17H19N3OS. The molecule has 0 atom stereocenters. The van der Waals surface area contributed by atoms with Crippen LogP contribution in [0, 0.1) is 0 Å². The van der Waals surface area contributed by atoms with Gasteiger partial charge in [-0.15, -0.1) is 0 Å². The second-order valence-electron chi connectivity index (χ2n) is 5.22. The number of methoxy groups -OCH3 is 1. The van der Waals surface area contributed by atoms with Crippen LogP contribution in [-0.4, -0.2) is 30.2 Å². The average Bonchev–Trinajstić information content (AvgIpc) is 2.95. The van der Waals surface area contributed by atoms with Gasteiger partial charge in [-0.3, -0.25) is 3.97 Å². The van der Waals surface area contributed by atoms with Gasteiger partial charge in [-0.05, 0) is 35.7 Å². The molecule has 2 aromatic carbocycles. The number of anilines is 1. The van der Waals surface area contributed by atoms with Crippen LogP contribution in [-0.2, 0) is 5.75 Å². The van der Waals surface area contributed by atoms with Crippen molar-refractivity contribution < 1.29 is 4.74 Å². The second-order valence-corrected chi connectivity index (χ2v) is 6.16. The summed E-state index contributed by atoms with van der Waals surface area (Å²) in [5.41, 5.74) is 4.62. The van der Waals surface area contributed by atoms with Crippen molar-refractivity contribution in [3.05, 3.63) is 54.4 Å². The van der Waals surface area contributed by atoms with Crippen molar-refractivity contribution in [2.75, 3.05) is 26.1 Å². The molecule has 22 heavy (non-hydrogen) atoms. The molecule has 3 aromatic rings. The third-order valence-electron chi connectivity index (χ3n) is 3.55. The van der Waals surface area contributed by atoms with Crippen LogP contribution in [0.1, 0.15) is 5.56 Å². The number of fused-ring (bicyclic) bond motifs is 1. The van der Waals surface area contributed by atoms with Gasteiger partial charge in [0.1, 0.15) is 12.1 Å². The molecule has 0 spiro atoms. The second kappa shape index (κ2) is 6.32. The third kappa shape index (κ3) is 2.90. The van der Waals surface area contributed by atoms with E-state index in [1.54, 1.807) is 19.1 Å². The molecule has 0 fully saturated rings. The van der Waals surface area contributed by atoms with Crippen LogP contribution in [0.25, 0.3) is 11.0 Å². The molecule has 4 nitrogen and oxygen atoms in total. The van der Waals surface area contributed by atoms with E-state index in [0.29, 0.717) is 0 Å². The minimum absolute atomic E-state index is 0.834. The van der Waals surface area contributed by atoms with E-state index in [9.17, 15) is 0 Å². The first-order chi connectivity index (χ1) is 10.7. The highest BCUT2D eigenvalue weighted by atomic mass is 32.2. The maximum absolute atomic E-state index is 5.24. The van der Waals surface area contributed by atoms with Crippen LogP contribution in [0.3, 0.4) is 0 Å². The van der Waals surface area contributed by atoms with Crippen molar-refractivity contribution >= 4 is 28.7 Å². The zero-order valence-corrected chi connectivity index (χ0v) is 13.8. The molecular weight excluding hydrogens is 294 g/mol. The number of hydrogen-bond donors (Lipinski definition) is 0. The summed E-state index contributed by atoms with van der Waals surface area (Å²) >= 11 is 1.74. The Bertz CT molecular complexity index is 782. The van der Waals surface area contributed by atoms with Gasteiger partial charge >= 0.3 is 0 Å². The number of aromatic nitrogens is 2. The fraction of sp³-hybridized carbons (Fsp3) is 0.235. The number of para-hydroxylation sites is 1. The van der Waals surface area contributed by atoms with Gasteiger partial charge in [-0.25, -0.2) is 4.98 Å². The van der Waals surface area contributed by atoms with Crippen molar-refractivity contribution in [1.82, 2.24) is 8.96 Å². The van der Waals surface area contributed by atoms with E-state index in [-0.39, 0.29) is 0 Å². The lowest BCUT2D eigenvalue weighted by Crippen LogP contribution is -2.10. The molecule has 0 radical (unpaired) electrons. The molecule has 0 unspecified atom stereocenters. The van der Waals surface area contributed by atoms with Gasteiger partial charge < -0.3 is 9.64 Å². The molecule has 114 valence electrons. The van der Waals surface area contributed by atoms with Crippen LogP contribution in [0.4, 0.5) is 5.69 Å². The third-order valence-corrected chi connectivity index (χ3v) is 4.56. The van der Waals surface area contributed by atoms with Gasteiger partial charge in [0.05, 0.1) is 18.1 Å². The number of benzene rings is 2. The lowest BCUT2D eigenvalue weighted by atomic mass is 10.2. The highest BCUT2D eigenvalue weighted by Crippen LogP contribution is 2.27. The maximum Gasteiger partial charge on any atom is 0.121 e. The molecule has 3 rings (SSSR count). The minimum atomic E-state index is 0.834. The topological polar surface area (TPSA) is 30.3 Å². The zero-order chi connectivity index (χ0) is 15.5. The van der Waals surface area contributed by atoms with Gasteiger partial charge in [-0.2, -0.15) is 0 Å². The lowest BCUT2D eigenvalue weighted by Gasteiger charge is -2.17. The monoisotopic (exact) mass is 313 g/mol. The largest absolute Gasteiger partial charge is 0.497 e. The summed E-state index contributed by atoms with van der Waals surface area (Å²) in [6, 6.07) is 14.4. The Labute approximate surface area is 134 Å². The first kappa shape index (κ1) is 14.8. The van der Waals surface area contributed by atoms with Crippen LogP contribution in [0.5, 0.6) is 5.75 Å². The molecule has 1 heterocycles. The SMILES string of the molecule is COc1ccc2c(c1)ncn2SCc1ccccc1N(C)C. The smallest absolute Gasteiger partial charge is 0.121 e. The average molecular weight is 313 g/mol. The standard InChI is InChI=1S/C17H19N3OS/c1-19(2)16-7-5-4-6-13(16)11-22-20-12-18-15-10-14(21-3)8-9-17(15)20/h4-10,12H,11H2,1-3H3. The first-order valence-electron chi connectivity index (χ1n) is 7.08. The summed E-state index contributed by atoms with van der Waals surface area (Å²) in [6.45, 7) is 0. The molecule has 1 aromatic heterocycles. The van der Waals surface area contributed by atoms with E-state index in [2.05, 4.69) is 52.2 Å². The Hall–Kier alpha value is -2.14. The molecule has 0 aliphatic carbocycles. The maximum atomic E-state index is 5.24. The van der Waals surface area contributed by atoms with E-state index < -0.39 is 0 Å². The Morgan fingerprint density at radius 1 is 1.18 bits per heavy atom. The highest BCUT2D eigenvalue weighted by molar-refractivity contribution is 7.97. The van der Waals surface area contributed by atoms with Crippen molar-refractivity contribution in [2.45, 2.75) is 5.75 Å². The Morgan fingerprint density at radius 3 is 2.77 bits per heavy atom. The molecule has 5 heteroatoms. The van der Waals surface area contributed by atoms with Gasteiger partial charge in [0, 0.05) is 31.6 Å². The zero-order valence-electron chi connectivity index (χ0n) is 13.0. The van der Waals surface area contributed by atoms with Crippen molar-refractivity contribution in [3.63, 3.8) is 0 Å². The van der Waals surface area contributed by atoms with Gasteiger partial charge in [-0.1, -0.05) is 18.2 Å². The molecule has 0 aliphatic heterocycles. The van der Waals surface area contributed by atoms with Crippen LogP contribution < -0.4 is 9.64 Å². The Morgan fingerprint density at radius 2 is 2.00 bits per heavy atom. The lowest BCUT2D eigenvalue weighted by molar-refractivity contribution is 0.415. The molecule has 0 N–H and O–H groups in total.